The predicted octanol–water partition coefficient (Wildman–Crippen LogP) is 2.53. The average molecular weight is 212 g/mol. The second-order valence-electron chi connectivity index (χ2n) is 5.31. The first-order chi connectivity index (χ1) is 7.24. The molecule has 1 aliphatic rings. The summed E-state index contributed by atoms with van der Waals surface area (Å²) in [5, 5.41) is 3.62. The van der Waals surface area contributed by atoms with Gasteiger partial charge in [0.05, 0.1) is 0 Å². The van der Waals surface area contributed by atoms with Gasteiger partial charge < -0.3 is 11.1 Å². The molecule has 0 amide bonds. The Bertz CT molecular complexity index is 153. The molecule has 0 heterocycles. The van der Waals surface area contributed by atoms with Crippen molar-refractivity contribution in [2.24, 2.45) is 17.6 Å². The van der Waals surface area contributed by atoms with E-state index in [-0.39, 0.29) is 0 Å². The summed E-state index contributed by atoms with van der Waals surface area (Å²) in [4.78, 5) is 0. The standard InChI is InChI=1S/C13H28N2/c1-11(2)12(8-9-14)5-4-10-15-13-6-3-7-13/h11-13,15H,3-10,14H2,1-2H3. The molecular weight excluding hydrogens is 184 g/mol. The maximum Gasteiger partial charge on any atom is 0.00670 e. The first-order valence-electron chi connectivity index (χ1n) is 6.67. The van der Waals surface area contributed by atoms with E-state index >= 15 is 0 Å². The highest BCUT2D eigenvalue weighted by atomic mass is 14.9. The van der Waals surface area contributed by atoms with Gasteiger partial charge in [-0.05, 0) is 57.0 Å². The summed E-state index contributed by atoms with van der Waals surface area (Å²) in [6.45, 7) is 6.69. The lowest BCUT2D eigenvalue weighted by atomic mass is 9.88. The molecule has 0 aromatic rings. The van der Waals surface area contributed by atoms with Crippen molar-refractivity contribution in [3.05, 3.63) is 0 Å². The lowest BCUT2D eigenvalue weighted by Gasteiger charge is -2.27. The molecule has 0 aliphatic heterocycles. The molecule has 1 atom stereocenters. The van der Waals surface area contributed by atoms with Crippen LogP contribution < -0.4 is 11.1 Å². The first kappa shape index (κ1) is 13.0. The highest BCUT2D eigenvalue weighted by Crippen LogP contribution is 2.21. The van der Waals surface area contributed by atoms with Gasteiger partial charge in [-0.2, -0.15) is 0 Å². The van der Waals surface area contributed by atoms with Crippen LogP contribution in [0.15, 0.2) is 0 Å². The highest BCUT2D eigenvalue weighted by molar-refractivity contribution is 4.76. The van der Waals surface area contributed by atoms with Gasteiger partial charge in [0, 0.05) is 6.04 Å². The summed E-state index contributed by atoms with van der Waals surface area (Å²) in [7, 11) is 0. The molecule has 15 heavy (non-hydrogen) atoms. The Labute approximate surface area is 95.0 Å². The summed E-state index contributed by atoms with van der Waals surface area (Å²) in [6.07, 6.45) is 8.08. The van der Waals surface area contributed by atoms with Crippen LogP contribution in [0.3, 0.4) is 0 Å². The molecule has 0 spiro atoms. The van der Waals surface area contributed by atoms with Crippen molar-refractivity contribution in [2.75, 3.05) is 13.1 Å². The molecule has 1 saturated carbocycles. The van der Waals surface area contributed by atoms with E-state index in [4.69, 9.17) is 5.73 Å². The number of rotatable bonds is 8. The fourth-order valence-corrected chi connectivity index (χ4v) is 2.31. The third kappa shape index (κ3) is 4.98. The number of nitrogens with two attached hydrogens (primary N) is 1. The Balaban J connectivity index is 1.99. The van der Waals surface area contributed by atoms with Gasteiger partial charge in [-0.15, -0.1) is 0 Å². The maximum atomic E-state index is 5.63. The summed E-state index contributed by atoms with van der Waals surface area (Å²) < 4.78 is 0. The van der Waals surface area contributed by atoms with E-state index in [1.807, 2.05) is 0 Å². The molecule has 1 aliphatic carbocycles. The van der Waals surface area contributed by atoms with Crippen molar-refractivity contribution in [3.8, 4) is 0 Å². The summed E-state index contributed by atoms with van der Waals surface area (Å²) in [5.41, 5.74) is 5.63. The molecular formula is C13H28N2. The zero-order valence-electron chi connectivity index (χ0n) is 10.5. The quantitative estimate of drug-likeness (QED) is 0.607. The van der Waals surface area contributed by atoms with E-state index in [1.165, 1.54) is 45.1 Å². The van der Waals surface area contributed by atoms with E-state index in [0.717, 1.165) is 24.4 Å². The van der Waals surface area contributed by atoms with Crippen molar-refractivity contribution < 1.29 is 0 Å². The zero-order chi connectivity index (χ0) is 11.1. The normalized spacial score (nSPS) is 19.2. The molecule has 1 rings (SSSR count). The van der Waals surface area contributed by atoms with Crippen LogP contribution in [-0.4, -0.2) is 19.1 Å². The molecule has 0 saturated heterocycles. The van der Waals surface area contributed by atoms with E-state index in [1.54, 1.807) is 0 Å². The van der Waals surface area contributed by atoms with Crippen molar-refractivity contribution >= 4 is 0 Å². The van der Waals surface area contributed by atoms with Gasteiger partial charge in [0.1, 0.15) is 0 Å². The lowest BCUT2D eigenvalue weighted by molar-refractivity contribution is 0.306. The number of hydrogen-bond acceptors (Lipinski definition) is 2. The zero-order valence-corrected chi connectivity index (χ0v) is 10.5. The minimum absolute atomic E-state index is 0.789. The number of nitrogens with one attached hydrogen (secondary N) is 1. The monoisotopic (exact) mass is 212 g/mol. The van der Waals surface area contributed by atoms with Crippen molar-refractivity contribution in [1.29, 1.82) is 0 Å². The Morgan fingerprint density at radius 2 is 2.00 bits per heavy atom. The van der Waals surface area contributed by atoms with Gasteiger partial charge in [0.25, 0.3) is 0 Å². The molecule has 2 heteroatoms. The van der Waals surface area contributed by atoms with Crippen LogP contribution in [0, 0.1) is 11.8 Å². The van der Waals surface area contributed by atoms with Gasteiger partial charge in [-0.3, -0.25) is 0 Å². The third-order valence-electron chi connectivity index (χ3n) is 3.77. The molecule has 1 fully saturated rings. The van der Waals surface area contributed by atoms with Crippen LogP contribution in [0.2, 0.25) is 0 Å². The Morgan fingerprint density at radius 1 is 1.27 bits per heavy atom. The van der Waals surface area contributed by atoms with E-state index in [9.17, 15) is 0 Å². The van der Waals surface area contributed by atoms with E-state index < -0.39 is 0 Å². The predicted molar refractivity (Wildman–Crippen MR) is 66.9 cm³/mol. The molecule has 3 N–H and O–H groups in total. The van der Waals surface area contributed by atoms with Crippen LogP contribution in [-0.2, 0) is 0 Å². The summed E-state index contributed by atoms with van der Waals surface area (Å²) >= 11 is 0. The van der Waals surface area contributed by atoms with Gasteiger partial charge in [-0.1, -0.05) is 20.3 Å². The fourth-order valence-electron chi connectivity index (χ4n) is 2.31. The van der Waals surface area contributed by atoms with Crippen LogP contribution in [0.1, 0.15) is 52.4 Å². The van der Waals surface area contributed by atoms with Gasteiger partial charge in [-0.25, -0.2) is 0 Å². The largest absolute Gasteiger partial charge is 0.330 e. The third-order valence-corrected chi connectivity index (χ3v) is 3.77. The Morgan fingerprint density at radius 3 is 2.47 bits per heavy atom. The second-order valence-corrected chi connectivity index (χ2v) is 5.31. The minimum Gasteiger partial charge on any atom is -0.330 e. The highest BCUT2D eigenvalue weighted by Gasteiger charge is 2.16. The molecule has 0 aromatic heterocycles. The lowest BCUT2D eigenvalue weighted by Crippen LogP contribution is -2.35. The molecule has 2 nitrogen and oxygen atoms in total. The summed E-state index contributed by atoms with van der Waals surface area (Å²) in [5.74, 6) is 1.62. The second kappa shape index (κ2) is 7.24. The van der Waals surface area contributed by atoms with E-state index in [2.05, 4.69) is 19.2 Å². The van der Waals surface area contributed by atoms with Gasteiger partial charge in [0.15, 0.2) is 0 Å². The van der Waals surface area contributed by atoms with E-state index in [0.29, 0.717) is 0 Å². The molecule has 0 aromatic carbocycles. The topological polar surface area (TPSA) is 38.0 Å². The molecule has 0 radical (unpaired) electrons. The summed E-state index contributed by atoms with van der Waals surface area (Å²) in [6, 6.07) is 0.844. The van der Waals surface area contributed by atoms with Crippen molar-refractivity contribution in [3.63, 3.8) is 0 Å². The van der Waals surface area contributed by atoms with Crippen LogP contribution in [0.25, 0.3) is 0 Å². The van der Waals surface area contributed by atoms with Crippen LogP contribution in [0.4, 0.5) is 0 Å². The van der Waals surface area contributed by atoms with Gasteiger partial charge in [0.2, 0.25) is 0 Å². The van der Waals surface area contributed by atoms with Crippen molar-refractivity contribution in [2.45, 2.75) is 58.4 Å². The fraction of sp³-hybridized carbons (Fsp3) is 1.00. The molecule has 0 bridgehead atoms. The van der Waals surface area contributed by atoms with Crippen LogP contribution >= 0.6 is 0 Å². The Hall–Kier alpha value is -0.0800. The molecule has 90 valence electrons. The van der Waals surface area contributed by atoms with Crippen molar-refractivity contribution in [1.82, 2.24) is 5.32 Å². The molecule has 1 unspecified atom stereocenters. The van der Waals surface area contributed by atoms with Crippen LogP contribution in [0.5, 0.6) is 0 Å². The smallest absolute Gasteiger partial charge is 0.00670 e. The SMILES string of the molecule is CC(C)C(CCN)CCCNC1CCC1. The van der Waals surface area contributed by atoms with Gasteiger partial charge >= 0.3 is 0 Å². The Kier molecular flexibility index (Phi) is 6.26. The first-order valence-corrected chi connectivity index (χ1v) is 6.67. The number of hydrogen-bond donors (Lipinski definition) is 2. The minimum atomic E-state index is 0.789. The average Bonchev–Trinajstić information content (AvgIpc) is 2.12. The maximum absolute atomic E-state index is 5.63.